The van der Waals surface area contributed by atoms with Crippen molar-refractivity contribution in [2.24, 2.45) is 0 Å². The molecule has 6 nitrogen and oxygen atoms in total. The van der Waals surface area contributed by atoms with Gasteiger partial charge in [-0.1, -0.05) is 45.7 Å². The summed E-state index contributed by atoms with van der Waals surface area (Å²) in [6, 6.07) is 10.4. The Morgan fingerprint density at radius 2 is 1.92 bits per heavy atom. The number of hydrogen-bond acceptors (Lipinski definition) is 5. The summed E-state index contributed by atoms with van der Waals surface area (Å²) in [6.45, 7) is 0. The molecule has 1 atom stereocenters. The van der Waals surface area contributed by atoms with Crippen molar-refractivity contribution < 1.29 is 22.7 Å². The number of sulfonamides is 1. The molecule has 2 rings (SSSR count). The third-order valence-corrected chi connectivity index (χ3v) is 5.92. The molecule has 0 spiro atoms. The van der Waals surface area contributed by atoms with E-state index >= 15 is 0 Å². The fourth-order valence-electron chi connectivity index (χ4n) is 2.33. The number of rotatable bonds is 7. The number of benzene rings is 2. The van der Waals surface area contributed by atoms with Crippen LogP contribution >= 0.6 is 27.5 Å². The standard InChI is InChI=1S/C17H17BrClNO5S/c1-24-15-8-7-11(18)9-16(15)26(22,23)20-14(10-17(21)25-2)12-5-3-4-6-13(12)19/h3-9,14,20H,10H2,1-2H3. The Morgan fingerprint density at radius 1 is 1.23 bits per heavy atom. The first kappa shape index (κ1) is 20.7. The average Bonchev–Trinajstić information content (AvgIpc) is 2.61. The van der Waals surface area contributed by atoms with Gasteiger partial charge in [0.05, 0.1) is 26.7 Å². The number of carbonyl (C=O) groups is 1. The van der Waals surface area contributed by atoms with E-state index in [2.05, 4.69) is 25.4 Å². The molecule has 0 aliphatic carbocycles. The van der Waals surface area contributed by atoms with Crippen LogP contribution in [0.5, 0.6) is 5.75 Å². The van der Waals surface area contributed by atoms with Gasteiger partial charge in [0.15, 0.2) is 0 Å². The highest BCUT2D eigenvalue weighted by molar-refractivity contribution is 9.10. The zero-order valence-corrected chi connectivity index (χ0v) is 17.2. The monoisotopic (exact) mass is 461 g/mol. The summed E-state index contributed by atoms with van der Waals surface area (Å²) in [5.74, 6) is -0.393. The van der Waals surface area contributed by atoms with Crippen LogP contribution in [-0.2, 0) is 19.6 Å². The number of halogens is 2. The molecule has 0 fully saturated rings. The number of esters is 1. The van der Waals surface area contributed by atoms with Gasteiger partial charge in [-0.3, -0.25) is 4.79 Å². The number of hydrogen-bond donors (Lipinski definition) is 1. The average molecular weight is 463 g/mol. The molecule has 0 saturated carbocycles. The highest BCUT2D eigenvalue weighted by Crippen LogP contribution is 2.31. The molecule has 0 heterocycles. The molecule has 0 bridgehead atoms. The number of nitrogens with one attached hydrogen (secondary N) is 1. The maximum Gasteiger partial charge on any atom is 0.307 e. The van der Waals surface area contributed by atoms with Crippen LogP contribution in [0, 0.1) is 0 Å². The van der Waals surface area contributed by atoms with Crippen molar-refractivity contribution in [2.45, 2.75) is 17.4 Å². The van der Waals surface area contributed by atoms with Crippen molar-refractivity contribution in [3.05, 3.63) is 57.5 Å². The van der Waals surface area contributed by atoms with Crippen molar-refractivity contribution in [2.75, 3.05) is 14.2 Å². The summed E-state index contributed by atoms with van der Waals surface area (Å²) in [7, 11) is -1.40. The minimum Gasteiger partial charge on any atom is -0.495 e. The molecule has 26 heavy (non-hydrogen) atoms. The van der Waals surface area contributed by atoms with Gasteiger partial charge < -0.3 is 9.47 Å². The van der Waals surface area contributed by atoms with Gasteiger partial charge in [0.2, 0.25) is 10.0 Å². The molecule has 1 N–H and O–H groups in total. The first-order valence-electron chi connectivity index (χ1n) is 7.45. The first-order chi connectivity index (χ1) is 12.3. The lowest BCUT2D eigenvalue weighted by molar-refractivity contribution is -0.141. The molecule has 2 aromatic carbocycles. The van der Waals surface area contributed by atoms with E-state index in [0.717, 1.165) is 0 Å². The van der Waals surface area contributed by atoms with Crippen LogP contribution in [0.25, 0.3) is 0 Å². The molecular formula is C17H17BrClNO5S. The van der Waals surface area contributed by atoms with Crippen molar-refractivity contribution >= 4 is 43.5 Å². The topological polar surface area (TPSA) is 81.7 Å². The predicted molar refractivity (Wildman–Crippen MR) is 102 cm³/mol. The Hall–Kier alpha value is -1.61. The Labute approximate surface area is 165 Å². The van der Waals surface area contributed by atoms with Crippen LogP contribution < -0.4 is 9.46 Å². The van der Waals surface area contributed by atoms with Gasteiger partial charge in [0.1, 0.15) is 10.6 Å². The lowest BCUT2D eigenvalue weighted by Crippen LogP contribution is -2.31. The zero-order valence-electron chi connectivity index (χ0n) is 14.0. The maximum absolute atomic E-state index is 12.9. The predicted octanol–water partition coefficient (Wildman–Crippen LogP) is 3.69. The lowest BCUT2D eigenvalue weighted by atomic mass is 10.1. The van der Waals surface area contributed by atoms with E-state index in [1.54, 1.807) is 30.3 Å². The van der Waals surface area contributed by atoms with Crippen molar-refractivity contribution in [1.29, 1.82) is 0 Å². The van der Waals surface area contributed by atoms with E-state index in [-0.39, 0.29) is 17.1 Å². The van der Waals surface area contributed by atoms with Crippen LogP contribution in [0.15, 0.2) is 51.8 Å². The molecule has 9 heteroatoms. The second kappa shape index (κ2) is 8.85. The molecule has 0 aliphatic heterocycles. The first-order valence-corrected chi connectivity index (χ1v) is 10.1. The summed E-state index contributed by atoms with van der Waals surface area (Å²) in [6.07, 6.45) is -0.213. The SMILES string of the molecule is COC(=O)CC(NS(=O)(=O)c1cc(Br)ccc1OC)c1ccccc1Cl. The molecule has 0 saturated heterocycles. The molecule has 140 valence electrons. The van der Waals surface area contributed by atoms with Crippen LogP contribution in [0.4, 0.5) is 0 Å². The van der Waals surface area contributed by atoms with Crippen LogP contribution in [0.1, 0.15) is 18.0 Å². The molecule has 0 radical (unpaired) electrons. The number of ether oxygens (including phenoxy) is 2. The minimum absolute atomic E-state index is 0.0590. The highest BCUT2D eigenvalue weighted by atomic mass is 79.9. The molecule has 0 aliphatic rings. The third-order valence-electron chi connectivity index (χ3n) is 3.59. The Bertz CT molecular complexity index is 904. The summed E-state index contributed by atoms with van der Waals surface area (Å²) in [4.78, 5) is 11.7. The fourth-order valence-corrected chi connectivity index (χ4v) is 4.52. The molecule has 0 amide bonds. The van der Waals surface area contributed by atoms with E-state index in [1.807, 2.05) is 0 Å². The van der Waals surface area contributed by atoms with Crippen molar-refractivity contribution in [3.8, 4) is 5.75 Å². The summed E-state index contributed by atoms with van der Waals surface area (Å²) >= 11 is 9.43. The Kier molecular flexibility index (Phi) is 7.05. The van der Waals surface area contributed by atoms with Gasteiger partial charge >= 0.3 is 5.97 Å². The van der Waals surface area contributed by atoms with Gasteiger partial charge in [-0.05, 0) is 29.8 Å². The molecule has 2 aromatic rings. The fraction of sp³-hybridized carbons (Fsp3) is 0.235. The molecule has 1 unspecified atom stereocenters. The smallest absolute Gasteiger partial charge is 0.307 e. The maximum atomic E-state index is 12.9. The van der Waals surface area contributed by atoms with Crippen LogP contribution in [-0.4, -0.2) is 28.6 Å². The van der Waals surface area contributed by atoms with E-state index in [9.17, 15) is 13.2 Å². The van der Waals surface area contributed by atoms with Gasteiger partial charge in [-0.25, -0.2) is 13.1 Å². The second-order valence-corrected chi connectivity index (χ2v) is 8.28. The number of carbonyl (C=O) groups excluding carboxylic acids is 1. The Balaban J connectivity index is 2.46. The molecule has 0 aromatic heterocycles. The van der Waals surface area contributed by atoms with Crippen molar-refractivity contribution in [1.82, 2.24) is 4.72 Å². The van der Waals surface area contributed by atoms with E-state index in [1.165, 1.54) is 26.4 Å². The van der Waals surface area contributed by atoms with E-state index in [0.29, 0.717) is 15.1 Å². The van der Waals surface area contributed by atoms with Crippen molar-refractivity contribution in [3.63, 3.8) is 0 Å². The summed E-state index contributed by atoms with van der Waals surface area (Å²) < 4.78 is 38.8. The largest absolute Gasteiger partial charge is 0.495 e. The van der Waals surface area contributed by atoms with E-state index < -0.39 is 22.0 Å². The number of methoxy groups -OCH3 is 2. The van der Waals surface area contributed by atoms with Gasteiger partial charge in [-0.2, -0.15) is 0 Å². The van der Waals surface area contributed by atoms with Crippen LogP contribution in [0.3, 0.4) is 0 Å². The van der Waals surface area contributed by atoms with Gasteiger partial charge in [0, 0.05) is 9.50 Å². The molecular weight excluding hydrogens is 446 g/mol. The second-order valence-electron chi connectivity index (χ2n) is 5.27. The minimum atomic E-state index is -4.01. The summed E-state index contributed by atoms with van der Waals surface area (Å²) in [5, 5.41) is 0.338. The van der Waals surface area contributed by atoms with Crippen LogP contribution in [0.2, 0.25) is 5.02 Å². The lowest BCUT2D eigenvalue weighted by Gasteiger charge is -2.20. The third kappa shape index (κ3) is 4.97. The van der Waals surface area contributed by atoms with Gasteiger partial charge in [0.25, 0.3) is 0 Å². The van der Waals surface area contributed by atoms with E-state index in [4.69, 9.17) is 16.3 Å². The normalized spacial score (nSPS) is 12.5. The highest BCUT2D eigenvalue weighted by Gasteiger charge is 2.28. The zero-order chi connectivity index (χ0) is 19.3. The van der Waals surface area contributed by atoms with Gasteiger partial charge in [-0.15, -0.1) is 0 Å². The quantitative estimate of drug-likeness (QED) is 0.635. The summed E-state index contributed by atoms with van der Waals surface area (Å²) in [5.41, 5.74) is 0.470. The Morgan fingerprint density at radius 3 is 2.54 bits per heavy atom.